The van der Waals surface area contributed by atoms with Crippen LogP contribution in [0.3, 0.4) is 0 Å². The number of nitrogens with one attached hydrogen (secondary N) is 2. The molecule has 27 heavy (non-hydrogen) atoms. The van der Waals surface area contributed by atoms with Crippen molar-refractivity contribution in [3.05, 3.63) is 17.3 Å². The van der Waals surface area contributed by atoms with Crippen LogP contribution in [0.4, 0.5) is 5.82 Å². The molecule has 2 amide bonds. The van der Waals surface area contributed by atoms with Gasteiger partial charge in [0.15, 0.2) is 15.7 Å². The van der Waals surface area contributed by atoms with E-state index in [9.17, 15) is 23.2 Å². The third-order valence-corrected chi connectivity index (χ3v) is 5.27. The number of amides is 2. The van der Waals surface area contributed by atoms with Crippen molar-refractivity contribution < 1.29 is 23.2 Å². The standard InChI is InChI=1S/C17H28N4O5S/c1-5-6-7-8-14(10-21(24)11-22)17(23)20-19-16-15(27(4,25)26)12(2)9-13(3)18-16/h9,11,14,24H,5-8,10H2,1-4H3,(H,18,19)(H,20,23)/t14-/m1/s1. The minimum atomic E-state index is -3.56. The van der Waals surface area contributed by atoms with Crippen LogP contribution in [0.1, 0.15) is 43.9 Å². The second-order valence-corrected chi connectivity index (χ2v) is 8.52. The Morgan fingerprint density at radius 3 is 2.59 bits per heavy atom. The van der Waals surface area contributed by atoms with Gasteiger partial charge >= 0.3 is 0 Å². The lowest BCUT2D eigenvalue weighted by Gasteiger charge is -2.20. The Bertz CT molecular complexity index is 767. The topological polar surface area (TPSA) is 129 Å². The van der Waals surface area contributed by atoms with Gasteiger partial charge in [-0.05, 0) is 31.9 Å². The molecule has 0 saturated heterocycles. The van der Waals surface area contributed by atoms with Crippen LogP contribution in [0, 0.1) is 19.8 Å². The number of rotatable bonds is 11. The Hall–Kier alpha value is -2.20. The molecule has 1 atom stereocenters. The van der Waals surface area contributed by atoms with Gasteiger partial charge in [0, 0.05) is 11.9 Å². The first-order chi connectivity index (χ1) is 12.6. The van der Waals surface area contributed by atoms with Gasteiger partial charge in [-0.25, -0.2) is 18.5 Å². The Kier molecular flexibility index (Phi) is 8.64. The molecule has 0 aliphatic rings. The van der Waals surface area contributed by atoms with Gasteiger partial charge in [-0.15, -0.1) is 0 Å². The zero-order valence-corrected chi connectivity index (χ0v) is 17.0. The SMILES string of the molecule is CCCCC[C@H](CN(O)C=O)C(=O)NNc1nc(C)cc(C)c1S(C)(=O)=O. The average Bonchev–Trinajstić information content (AvgIpc) is 2.56. The van der Waals surface area contributed by atoms with Gasteiger partial charge < -0.3 is 0 Å². The van der Waals surface area contributed by atoms with E-state index >= 15 is 0 Å². The van der Waals surface area contributed by atoms with E-state index in [1.165, 1.54) is 0 Å². The number of aromatic nitrogens is 1. The summed E-state index contributed by atoms with van der Waals surface area (Å²) in [5, 5.41) is 9.84. The van der Waals surface area contributed by atoms with E-state index in [0.29, 0.717) is 22.7 Å². The molecule has 1 aromatic heterocycles. The number of pyridine rings is 1. The lowest BCUT2D eigenvalue weighted by molar-refractivity contribution is -0.154. The van der Waals surface area contributed by atoms with E-state index in [0.717, 1.165) is 25.5 Å². The van der Waals surface area contributed by atoms with Gasteiger partial charge in [0.25, 0.3) is 0 Å². The monoisotopic (exact) mass is 400 g/mol. The molecule has 0 saturated carbocycles. The number of carbonyl (C=O) groups is 2. The molecule has 1 rings (SSSR count). The number of hydrogen-bond donors (Lipinski definition) is 3. The Labute approximate surface area is 160 Å². The molecule has 0 spiro atoms. The second-order valence-electron chi connectivity index (χ2n) is 6.56. The lowest BCUT2D eigenvalue weighted by atomic mass is 10.0. The zero-order valence-electron chi connectivity index (χ0n) is 16.2. The number of sulfone groups is 1. The number of carbonyl (C=O) groups excluding carboxylic acids is 2. The van der Waals surface area contributed by atoms with Crippen molar-refractivity contribution in [2.45, 2.75) is 51.3 Å². The summed E-state index contributed by atoms with van der Waals surface area (Å²) >= 11 is 0. The summed E-state index contributed by atoms with van der Waals surface area (Å²) in [4.78, 5) is 27.3. The number of hydrogen-bond acceptors (Lipinski definition) is 7. The minimum Gasteiger partial charge on any atom is -0.286 e. The fraction of sp³-hybridized carbons (Fsp3) is 0.588. The molecule has 0 fully saturated rings. The first-order valence-corrected chi connectivity index (χ1v) is 10.6. The van der Waals surface area contributed by atoms with Crippen LogP contribution in [0.25, 0.3) is 0 Å². The predicted molar refractivity (Wildman–Crippen MR) is 101 cm³/mol. The summed E-state index contributed by atoms with van der Waals surface area (Å²) in [5.74, 6) is -1.08. The molecular formula is C17H28N4O5S. The van der Waals surface area contributed by atoms with E-state index in [2.05, 4.69) is 15.8 Å². The van der Waals surface area contributed by atoms with Crippen molar-refractivity contribution in [3.8, 4) is 0 Å². The van der Waals surface area contributed by atoms with Gasteiger partial charge in [-0.2, -0.15) is 0 Å². The third-order valence-electron chi connectivity index (χ3n) is 4.02. The molecule has 10 heteroatoms. The highest BCUT2D eigenvalue weighted by Crippen LogP contribution is 2.23. The lowest BCUT2D eigenvalue weighted by Crippen LogP contribution is -2.40. The number of hydroxylamine groups is 2. The van der Waals surface area contributed by atoms with E-state index < -0.39 is 21.7 Å². The molecule has 0 aromatic carbocycles. The number of anilines is 1. The Morgan fingerprint density at radius 2 is 2.04 bits per heavy atom. The molecule has 0 aliphatic heterocycles. The van der Waals surface area contributed by atoms with Crippen molar-refractivity contribution in [2.75, 3.05) is 18.2 Å². The van der Waals surface area contributed by atoms with Crippen molar-refractivity contribution in [3.63, 3.8) is 0 Å². The van der Waals surface area contributed by atoms with Crippen molar-refractivity contribution in [1.29, 1.82) is 0 Å². The molecule has 0 radical (unpaired) electrons. The van der Waals surface area contributed by atoms with Gasteiger partial charge in [-0.3, -0.25) is 25.6 Å². The second kappa shape index (κ2) is 10.2. The summed E-state index contributed by atoms with van der Waals surface area (Å²) in [6.07, 6.45) is 4.43. The fourth-order valence-electron chi connectivity index (χ4n) is 2.82. The summed E-state index contributed by atoms with van der Waals surface area (Å²) in [6, 6.07) is 1.64. The van der Waals surface area contributed by atoms with Crippen LogP contribution < -0.4 is 10.9 Å². The maximum atomic E-state index is 12.5. The van der Waals surface area contributed by atoms with Crippen LogP contribution in [-0.2, 0) is 19.4 Å². The minimum absolute atomic E-state index is 0.00705. The first-order valence-electron chi connectivity index (χ1n) is 8.75. The van der Waals surface area contributed by atoms with E-state index in [4.69, 9.17) is 0 Å². The van der Waals surface area contributed by atoms with Gasteiger partial charge in [-0.1, -0.05) is 26.2 Å². The van der Waals surface area contributed by atoms with Crippen LogP contribution in [-0.4, -0.2) is 48.8 Å². The van der Waals surface area contributed by atoms with Crippen LogP contribution >= 0.6 is 0 Å². The quantitative estimate of drug-likeness (QED) is 0.223. The highest BCUT2D eigenvalue weighted by Gasteiger charge is 2.23. The number of hydrazine groups is 1. The highest BCUT2D eigenvalue weighted by atomic mass is 32.2. The maximum Gasteiger partial charge on any atom is 0.243 e. The largest absolute Gasteiger partial charge is 0.286 e. The van der Waals surface area contributed by atoms with E-state index in [-0.39, 0.29) is 23.7 Å². The van der Waals surface area contributed by atoms with Crippen LogP contribution in [0.2, 0.25) is 0 Å². The Morgan fingerprint density at radius 1 is 1.37 bits per heavy atom. The molecule has 1 aromatic rings. The molecule has 0 aliphatic carbocycles. The average molecular weight is 401 g/mol. The van der Waals surface area contributed by atoms with Gasteiger partial charge in [0.05, 0.1) is 12.5 Å². The number of unbranched alkanes of at least 4 members (excludes halogenated alkanes) is 2. The normalized spacial score (nSPS) is 12.3. The third kappa shape index (κ3) is 7.14. The molecule has 3 N–H and O–H groups in total. The fourth-order valence-corrected chi connectivity index (χ4v) is 3.91. The molecule has 1 heterocycles. The van der Waals surface area contributed by atoms with Crippen molar-refractivity contribution >= 4 is 28.0 Å². The molecular weight excluding hydrogens is 372 g/mol. The highest BCUT2D eigenvalue weighted by molar-refractivity contribution is 7.91. The van der Waals surface area contributed by atoms with Gasteiger partial charge in [0.2, 0.25) is 12.3 Å². The number of nitrogens with zero attached hydrogens (tertiary/aromatic N) is 2. The molecule has 0 bridgehead atoms. The summed E-state index contributed by atoms with van der Waals surface area (Å²) in [7, 11) is -3.56. The first kappa shape index (κ1) is 22.8. The Balaban J connectivity index is 2.96. The molecule has 9 nitrogen and oxygen atoms in total. The van der Waals surface area contributed by atoms with Crippen LogP contribution in [0.5, 0.6) is 0 Å². The van der Waals surface area contributed by atoms with Crippen LogP contribution in [0.15, 0.2) is 11.0 Å². The van der Waals surface area contributed by atoms with Crippen molar-refractivity contribution in [1.82, 2.24) is 15.5 Å². The number of aryl methyl sites for hydroxylation is 2. The summed E-state index contributed by atoms with van der Waals surface area (Å²) in [6.45, 7) is 5.24. The molecule has 0 unspecified atom stereocenters. The van der Waals surface area contributed by atoms with Crippen molar-refractivity contribution in [2.24, 2.45) is 5.92 Å². The predicted octanol–water partition coefficient (Wildman–Crippen LogP) is 1.59. The van der Waals surface area contributed by atoms with E-state index in [1.54, 1.807) is 19.9 Å². The summed E-state index contributed by atoms with van der Waals surface area (Å²) in [5.41, 5.74) is 6.15. The maximum absolute atomic E-state index is 12.5. The zero-order chi connectivity index (χ0) is 20.6. The molecule has 152 valence electrons. The van der Waals surface area contributed by atoms with Gasteiger partial charge in [0.1, 0.15) is 4.90 Å². The van der Waals surface area contributed by atoms with E-state index in [1.807, 2.05) is 6.92 Å². The smallest absolute Gasteiger partial charge is 0.243 e. The summed E-state index contributed by atoms with van der Waals surface area (Å²) < 4.78 is 24.1.